The Kier molecular flexibility index (Phi) is 4.47. The van der Waals surface area contributed by atoms with Crippen LogP contribution in [0.1, 0.15) is 18.9 Å². The number of nitrogens with two attached hydrogens (primary N) is 2. The number of fused-ring (bicyclic) bond motifs is 1. The van der Waals surface area contributed by atoms with Crippen LogP contribution in [0.2, 0.25) is 0 Å². The molecule has 3 heterocycles. The standard InChI is InChI=1S/C18H24N6O4/c1-2-17(15(27)13(26)12(7-25)28-17)24-9-22-14-16(24)21-8-23-18(14,20)10-5-3-4-6-11(10)19/h3-6,8,12-13,15,25-27H,2,7,9,19-20H2,1H3/t12-,13-,15-,17-,18?/m1/s1. The van der Waals surface area contributed by atoms with Crippen LogP contribution in [0.25, 0.3) is 0 Å². The second kappa shape index (κ2) is 6.61. The summed E-state index contributed by atoms with van der Waals surface area (Å²) in [5.41, 5.74) is 11.6. The number of nitrogens with zero attached hydrogens (tertiary/aromatic N) is 4. The van der Waals surface area contributed by atoms with Gasteiger partial charge in [-0.15, -0.1) is 0 Å². The van der Waals surface area contributed by atoms with Gasteiger partial charge in [0.25, 0.3) is 0 Å². The lowest BCUT2D eigenvalue weighted by Crippen LogP contribution is -2.60. The molecule has 0 aliphatic carbocycles. The number of aliphatic imine (C=N–C) groups is 3. The van der Waals surface area contributed by atoms with Crippen LogP contribution < -0.4 is 11.5 Å². The number of hydrogen-bond donors (Lipinski definition) is 5. The smallest absolute Gasteiger partial charge is 0.183 e. The van der Waals surface area contributed by atoms with Crippen molar-refractivity contribution in [3.05, 3.63) is 29.8 Å². The molecule has 0 aromatic heterocycles. The Hall–Kier alpha value is -2.37. The second-order valence-electron chi connectivity index (χ2n) is 7.10. The normalized spacial score (nSPS) is 37.0. The Morgan fingerprint density at radius 2 is 2.07 bits per heavy atom. The van der Waals surface area contributed by atoms with E-state index in [-0.39, 0.29) is 6.67 Å². The molecule has 10 heteroatoms. The van der Waals surface area contributed by atoms with Crippen molar-refractivity contribution in [3.63, 3.8) is 0 Å². The van der Waals surface area contributed by atoms with E-state index < -0.39 is 36.3 Å². The van der Waals surface area contributed by atoms with Gasteiger partial charge in [-0.1, -0.05) is 25.1 Å². The lowest BCUT2D eigenvalue weighted by atomic mass is 9.91. The highest BCUT2D eigenvalue weighted by Gasteiger charge is 2.59. The summed E-state index contributed by atoms with van der Waals surface area (Å²) < 4.78 is 5.91. The van der Waals surface area contributed by atoms with Crippen LogP contribution in [0.5, 0.6) is 0 Å². The van der Waals surface area contributed by atoms with Gasteiger partial charge in [-0.2, -0.15) is 0 Å². The summed E-state index contributed by atoms with van der Waals surface area (Å²) in [6.07, 6.45) is -1.75. The van der Waals surface area contributed by atoms with Crippen molar-refractivity contribution in [2.24, 2.45) is 20.7 Å². The Morgan fingerprint density at radius 3 is 2.71 bits per heavy atom. The van der Waals surface area contributed by atoms with Gasteiger partial charge in [-0.05, 0) is 12.5 Å². The minimum Gasteiger partial charge on any atom is -0.398 e. The molecule has 1 aromatic carbocycles. The largest absolute Gasteiger partial charge is 0.398 e. The summed E-state index contributed by atoms with van der Waals surface area (Å²) in [5, 5.41) is 30.5. The molecule has 1 saturated heterocycles. The third kappa shape index (κ3) is 2.43. The van der Waals surface area contributed by atoms with Gasteiger partial charge >= 0.3 is 0 Å². The molecule has 28 heavy (non-hydrogen) atoms. The van der Waals surface area contributed by atoms with Gasteiger partial charge in [-0.25, -0.2) is 9.98 Å². The summed E-state index contributed by atoms with van der Waals surface area (Å²) in [6.45, 7) is 1.51. The first-order valence-corrected chi connectivity index (χ1v) is 9.12. The predicted octanol–water partition coefficient (Wildman–Crippen LogP) is -1.25. The van der Waals surface area contributed by atoms with E-state index in [0.717, 1.165) is 0 Å². The number of aliphatic hydroxyl groups is 3. The molecular weight excluding hydrogens is 364 g/mol. The molecule has 5 atom stereocenters. The van der Waals surface area contributed by atoms with Crippen molar-refractivity contribution in [1.82, 2.24) is 4.90 Å². The number of ether oxygens (including phenoxy) is 1. The van der Waals surface area contributed by atoms with E-state index in [1.165, 1.54) is 6.34 Å². The number of para-hydroxylation sites is 1. The lowest BCUT2D eigenvalue weighted by Gasteiger charge is -2.41. The lowest BCUT2D eigenvalue weighted by molar-refractivity contribution is -0.162. The molecule has 0 amide bonds. The number of aliphatic hydroxyl groups excluding tert-OH is 3. The third-order valence-electron chi connectivity index (χ3n) is 5.68. The highest BCUT2D eigenvalue weighted by Crippen LogP contribution is 2.41. The van der Waals surface area contributed by atoms with Crippen molar-refractivity contribution >= 4 is 23.6 Å². The summed E-state index contributed by atoms with van der Waals surface area (Å²) in [4.78, 5) is 14.9. The van der Waals surface area contributed by atoms with Gasteiger partial charge in [0.2, 0.25) is 0 Å². The van der Waals surface area contributed by atoms with Gasteiger partial charge < -0.3 is 30.7 Å². The molecule has 10 nitrogen and oxygen atoms in total. The first-order valence-electron chi connectivity index (χ1n) is 9.12. The average Bonchev–Trinajstić information content (AvgIpc) is 3.24. The number of rotatable bonds is 4. The second-order valence-corrected chi connectivity index (χ2v) is 7.10. The molecule has 1 fully saturated rings. The maximum absolute atomic E-state index is 10.7. The molecule has 0 radical (unpaired) electrons. The van der Waals surface area contributed by atoms with Crippen LogP contribution >= 0.6 is 0 Å². The van der Waals surface area contributed by atoms with Crippen LogP contribution in [0.3, 0.4) is 0 Å². The molecule has 0 saturated carbocycles. The Morgan fingerprint density at radius 1 is 1.32 bits per heavy atom. The van der Waals surface area contributed by atoms with Crippen LogP contribution in [-0.2, 0) is 10.4 Å². The van der Waals surface area contributed by atoms with Crippen molar-refractivity contribution < 1.29 is 20.1 Å². The number of nitrogen functional groups attached to an aromatic ring is 1. The molecule has 3 aliphatic heterocycles. The highest BCUT2D eigenvalue weighted by molar-refractivity contribution is 6.47. The average molecular weight is 388 g/mol. The van der Waals surface area contributed by atoms with Crippen molar-refractivity contribution in [2.45, 2.75) is 43.0 Å². The Labute approximate surface area is 161 Å². The Balaban J connectivity index is 1.74. The van der Waals surface area contributed by atoms with E-state index in [2.05, 4.69) is 15.0 Å². The molecule has 4 rings (SSSR count). The number of benzene rings is 1. The van der Waals surface area contributed by atoms with Crippen LogP contribution in [0.4, 0.5) is 5.69 Å². The minimum atomic E-state index is -1.33. The van der Waals surface area contributed by atoms with E-state index in [1.807, 2.05) is 13.0 Å². The van der Waals surface area contributed by atoms with Gasteiger partial charge in [0.1, 0.15) is 37.0 Å². The minimum absolute atomic E-state index is 0.110. The van der Waals surface area contributed by atoms with E-state index >= 15 is 0 Å². The van der Waals surface area contributed by atoms with E-state index in [1.54, 1.807) is 23.1 Å². The molecule has 3 aliphatic rings. The molecule has 0 bridgehead atoms. The number of amidine groups is 1. The van der Waals surface area contributed by atoms with E-state index in [0.29, 0.717) is 29.2 Å². The SMILES string of the molecule is CC[C@@]1(N2CN=C3C2=NC=NC3(N)c2ccccc2N)O[C@H](CO)[C@@H](O)[C@H]1O. The zero-order chi connectivity index (χ0) is 20.1. The quantitative estimate of drug-likeness (QED) is 0.403. The van der Waals surface area contributed by atoms with E-state index in [9.17, 15) is 15.3 Å². The van der Waals surface area contributed by atoms with Crippen LogP contribution in [-0.4, -0.2) is 75.4 Å². The molecule has 0 spiro atoms. The molecule has 1 aromatic rings. The predicted molar refractivity (Wildman–Crippen MR) is 104 cm³/mol. The fraction of sp³-hybridized carbons (Fsp3) is 0.500. The molecule has 150 valence electrons. The topological polar surface area (TPSA) is 162 Å². The highest BCUT2D eigenvalue weighted by atomic mass is 16.6. The summed E-state index contributed by atoms with van der Waals surface area (Å²) in [5.74, 6) is 0.396. The van der Waals surface area contributed by atoms with Gasteiger partial charge in [0.15, 0.2) is 17.2 Å². The fourth-order valence-corrected chi connectivity index (χ4v) is 4.13. The fourth-order valence-electron chi connectivity index (χ4n) is 4.13. The molecular formula is C18H24N6O4. The molecule has 7 N–H and O–H groups in total. The summed E-state index contributed by atoms with van der Waals surface area (Å²) in [7, 11) is 0. The maximum Gasteiger partial charge on any atom is 0.183 e. The number of hydrogen-bond acceptors (Lipinski definition) is 10. The molecule has 1 unspecified atom stereocenters. The monoisotopic (exact) mass is 388 g/mol. The zero-order valence-corrected chi connectivity index (χ0v) is 15.4. The zero-order valence-electron chi connectivity index (χ0n) is 15.4. The van der Waals surface area contributed by atoms with E-state index in [4.69, 9.17) is 16.2 Å². The first kappa shape index (κ1) is 19.0. The van der Waals surface area contributed by atoms with Gasteiger partial charge in [0, 0.05) is 11.3 Å². The third-order valence-corrected chi connectivity index (χ3v) is 5.68. The van der Waals surface area contributed by atoms with Gasteiger partial charge in [-0.3, -0.25) is 10.7 Å². The van der Waals surface area contributed by atoms with Crippen molar-refractivity contribution in [3.8, 4) is 0 Å². The maximum atomic E-state index is 10.7. The van der Waals surface area contributed by atoms with Crippen LogP contribution in [0.15, 0.2) is 39.2 Å². The number of anilines is 1. The summed E-state index contributed by atoms with van der Waals surface area (Å²) in [6, 6.07) is 7.13. The summed E-state index contributed by atoms with van der Waals surface area (Å²) >= 11 is 0. The Bertz CT molecular complexity index is 873. The van der Waals surface area contributed by atoms with Gasteiger partial charge in [0.05, 0.1) is 6.61 Å². The first-order chi connectivity index (χ1) is 13.4. The van der Waals surface area contributed by atoms with Crippen molar-refractivity contribution in [1.29, 1.82) is 0 Å². The van der Waals surface area contributed by atoms with Crippen LogP contribution in [0, 0.1) is 0 Å². The van der Waals surface area contributed by atoms with Crippen molar-refractivity contribution in [2.75, 3.05) is 19.0 Å².